The molecule has 2 heteroatoms. The summed E-state index contributed by atoms with van der Waals surface area (Å²) >= 11 is 0. The van der Waals surface area contributed by atoms with Crippen LogP contribution in [0.1, 0.15) is 58.3 Å². The quantitative estimate of drug-likeness (QED) is 0.763. The first-order valence-corrected chi connectivity index (χ1v) is 7.31. The van der Waals surface area contributed by atoms with E-state index in [0.29, 0.717) is 5.92 Å². The maximum Gasteiger partial charge on any atom is 0.0803 e. The third-order valence-electron chi connectivity index (χ3n) is 4.27. The van der Waals surface area contributed by atoms with Crippen LogP contribution in [0.2, 0.25) is 0 Å². The van der Waals surface area contributed by atoms with Gasteiger partial charge in [0, 0.05) is 12.5 Å². The normalized spacial score (nSPS) is 32.7. The van der Waals surface area contributed by atoms with Gasteiger partial charge in [0.2, 0.25) is 0 Å². The Hall–Kier alpha value is -0.340. The van der Waals surface area contributed by atoms with Gasteiger partial charge in [-0.2, -0.15) is 0 Å². The summed E-state index contributed by atoms with van der Waals surface area (Å²) in [5.74, 6) is 0.339. The van der Waals surface area contributed by atoms with Crippen molar-refractivity contribution in [3.63, 3.8) is 0 Å². The summed E-state index contributed by atoms with van der Waals surface area (Å²) in [6.45, 7) is 2.98. The van der Waals surface area contributed by atoms with Gasteiger partial charge in [0.1, 0.15) is 0 Å². The molecule has 1 saturated heterocycles. The standard InChI is InChI=1S/C15H26O2/c1-2-14-13(10-11-17-14)15(16)12-8-6-4-3-5-7-9-12/h8,13-16H,2-7,9-11H2,1H3. The van der Waals surface area contributed by atoms with Crippen molar-refractivity contribution >= 4 is 0 Å². The summed E-state index contributed by atoms with van der Waals surface area (Å²) < 4.78 is 5.70. The summed E-state index contributed by atoms with van der Waals surface area (Å²) in [5, 5.41) is 10.5. The summed E-state index contributed by atoms with van der Waals surface area (Å²) in [6.07, 6.45) is 11.8. The van der Waals surface area contributed by atoms with Crippen LogP contribution in [0.15, 0.2) is 11.6 Å². The summed E-state index contributed by atoms with van der Waals surface area (Å²) in [6, 6.07) is 0. The van der Waals surface area contributed by atoms with Crippen molar-refractivity contribution in [2.45, 2.75) is 70.5 Å². The van der Waals surface area contributed by atoms with E-state index in [1.54, 1.807) is 0 Å². The molecule has 2 rings (SSSR count). The van der Waals surface area contributed by atoms with Gasteiger partial charge in [-0.25, -0.2) is 0 Å². The third kappa shape index (κ3) is 3.32. The zero-order chi connectivity index (χ0) is 12.1. The van der Waals surface area contributed by atoms with Crippen molar-refractivity contribution in [2.75, 3.05) is 6.61 Å². The number of rotatable bonds is 3. The first-order chi connectivity index (χ1) is 8.33. The van der Waals surface area contributed by atoms with Crippen LogP contribution < -0.4 is 0 Å². The Labute approximate surface area is 105 Å². The van der Waals surface area contributed by atoms with Crippen LogP contribution in [-0.2, 0) is 4.74 Å². The molecule has 17 heavy (non-hydrogen) atoms. The summed E-state index contributed by atoms with van der Waals surface area (Å²) in [5.41, 5.74) is 1.29. The highest BCUT2D eigenvalue weighted by Crippen LogP contribution is 2.32. The lowest BCUT2D eigenvalue weighted by molar-refractivity contribution is 0.0440. The Morgan fingerprint density at radius 3 is 3.00 bits per heavy atom. The molecule has 1 heterocycles. The second-order valence-corrected chi connectivity index (χ2v) is 5.45. The maximum atomic E-state index is 10.5. The number of aliphatic hydroxyl groups excluding tert-OH is 1. The Morgan fingerprint density at radius 2 is 2.18 bits per heavy atom. The maximum absolute atomic E-state index is 10.5. The molecule has 0 aromatic rings. The van der Waals surface area contributed by atoms with E-state index in [1.807, 2.05) is 0 Å². The minimum atomic E-state index is -0.249. The van der Waals surface area contributed by atoms with Crippen LogP contribution in [-0.4, -0.2) is 23.9 Å². The average Bonchev–Trinajstić information content (AvgIpc) is 2.75. The van der Waals surface area contributed by atoms with Crippen molar-refractivity contribution in [3.05, 3.63) is 11.6 Å². The topological polar surface area (TPSA) is 29.5 Å². The number of allylic oxidation sites excluding steroid dienone is 1. The van der Waals surface area contributed by atoms with Gasteiger partial charge in [-0.1, -0.05) is 25.8 Å². The third-order valence-corrected chi connectivity index (χ3v) is 4.27. The van der Waals surface area contributed by atoms with Gasteiger partial charge in [-0.3, -0.25) is 0 Å². The van der Waals surface area contributed by atoms with Gasteiger partial charge < -0.3 is 9.84 Å². The predicted octanol–water partition coefficient (Wildman–Crippen LogP) is 3.44. The van der Waals surface area contributed by atoms with Gasteiger partial charge in [0.15, 0.2) is 0 Å². The second kappa shape index (κ2) is 6.55. The van der Waals surface area contributed by atoms with E-state index in [2.05, 4.69) is 13.0 Å². The monoisotopic (exact) mass is 238 g/mol. The second-order valence-electron chi connectivity index (χ2n) is 5.45. The van der Waals surface area contributed by atoms with Gasteiger partial charge in [0.25, 0.3) is 0 Å². The van der Waals surface area contributed by atoms with E-state index < -0.39 is 0 Å². The van der Waals surface area contributed by atoms with E-state index in [1.165, 1.54) is 31.3 Å². The molecule has 0 saturated carbocycles. The number of hydrogen-bond donors (Lipinski definition) is 1. The summed E-state index contributed by atoms with van der Waals surface area (Å²) in [7, 11) is 0. The Balaban J connectivity index is 1.99. The van der Waals surface area contributed by atoms with Gasteiger partial charge >= 0.3 is 0 Å². The highest BCUT2D eigenvalue weighted by Gasteiger charge is 2.34. The lowest BCUT2D eigenvalue weighted by atomic mass is 9.85. The minimum Gasteiger partial charge on any atom is -0.388 e. The van der Waals surface area contributed by atoms with Crippen molar-refractivity contribution in [1.29, 1.82) is 0 Å². The molecule has 2 nitrogen and oxygen atoms in total. The Morgan fingerprint density at radius 1 is 1.35 bits per heavy atom. The smallest absolute Gasteiger partial charge is 0.0803 e. The molecular formula is C15H26O2. The zero-order valence-electron chi connectivity index (χ0n) is 11.0. The summed E-state index contributed by atoms with van der Waals surface area (Å²) in [4.78, 5) is 0. The van der Waals surface area contributed by atoms with E-state index in [0.717, 1.165) is 32.3 Å². The molecule has 0 bridgehead atoms. The fourth-order valence-electron chi connectivity index (χ4n) is 3.21. The number of hydrogen-bond acceptors (Lipinski definition) is 2. The van der Waals surface area contributed by atoms with E-state index in [-0.39, 0.29) is 12.2 Å². The SMILES string of the molecule is CCC1OCCC1C(O)C1=CCCCCCC1. The van der Waals surface area contributed by atoms with Crippen LogP contribution in [0.3, 0.4) is 0 Å². The molecule has 1 aliphatic heterocycles. The molecule has 3 atom stereocenters. The lowest BCUT2D eigenvalue weighted by Gasteiger charge is -2.26. The van der Waals surface area contributed by atoms with E-state index >= 15 is 0 Å². The first kappa shape index (κ1) is 13.1. The molecule has 0 aromatic heterocycles. The fourth-order valence-corrected chi connectivity index (χ4v) is 3.21. The van der Waals surface area contributed by atoms with Gasteiger partial charge in [-0.05, 0) is 44.1 Å². The van der Waals surface area contributed by atoms with Crippen molar-refractivity contribution in [2.24, 2.45) is 5.92 Å². The van der Waals surface area contributed by atoms with Crippen LogP contribution >= 0.6 is 0 Å². The van der Waals surface area contributed by atoms with Crippen LogP contribution in [0, 0.1) is 5.92 Å². The van der Waals surface area contributed by atoms with Crippen LogP contribution in [0.5, 0.6) is 0 Å². The van der Waals surface area contributed by atoms with Crippen molar-refractivity contribution in [3.8, 4) is 0 Å². The highest BCUT2D eigenvalue weighted by molar-refractivity contribution is 5.11. The van der Waals surface area contributed by atoms with Crippen molar-refractivity contribution in [1.82, 2.24) is 0 Å². The molecule has 0 radical (unpaired) electrons. The molecule has 1 aliphatic carbocycles. The molecule has 0 spiro atoms. The van der Waals surface area contributed by atoms with Gasteiger partial charge in [0.05, 0.1) is 12.2 Å². The number of ether oxygens (including phenoxy) is 1. The molecule has 3 unspecified atom stereocenters. The largest absolute Gasteiger partial charge is 0.388 e. The van der Waals surface area contributed by atoms with Crippen molar-refractivity contribution < 1.29 is 9.84 Å². The molecule has 1 fully saturated rings. The Kier molecular flexibility index (Phi) is 5.05. The molecule has 0 aromatic carbocycles. The molecule has 0 amide bonds. The first-order valence-electron chi connectivity index (χ1n) is 7.31. The fraction of sp³-hybridized carbons (Fsp3) is 0.867. The molecular weight excluding hydrogens is 212 g/mol. The van der Waals surface area contributed by atoms with Crippen LogP contribution in [0.4, 0.5) is 0 Å². The van der Waals surface area contributed by atoms with Crippen LogP contribution in [0.25, 0.3) is 0 Å². The van der Waals surface area contributed by atoms with E-state index in [4.69, 9.17) is 4.74 Å². The molecule has 98 valence electrons. The highest BCUT2D eigenvalue weighted by atomic mass is 16.5. The number of aliphatic hydroxyl groups is 1. The minimum absolute atomic E-state index is 0.249. The van der Waals surface area contributed by atoms with E-state index in [9.17, 15) is 5.11 Å². The molecule has 1 N–H and O–H groups in total. The van der Waals surface area contributed by atoms with Gasteiger partial charge in [-0.15, -0.1) is 0 Å². The molecule has 2 aliphatic rings. The predicted molar refractivity (Wildman–Crippen MR) is 69.9 cm³/mol. The zero-order valence-corrected chi connectivity index (χ0v) is 11.0. The average molecular weight is 238 g/mol. The Bertz CT molecular complexity index is 260. The lowest BCUT2D eigenvalue weighted by Crippen LogP contribution is -2.29.